The van der Waals surface area contributed by atoms with Gasteiger partial charge in [-0.1, -0.05) is 30.3 Å². The molecule has 23 heavy (non-hydrogen) atoms. The topological polar surface area (TPSA) is 74.0 Å². The van der Waals surface area contributed by atoms with Gasteiger partial charge in [-0.15, -0.1) is 0 Å². The van der Waals surface area contributed by atoms with E-state index in [0.717, 1.165) is 31.5 Å². The number of H-pyrrole nitrogens is 1. The largest absolute Gasteiger partial charge is 0.352 e. The number of benzene rings is 1. The van der Waals surface area contributed by atoms with Crippen LogP contribution in [0.15, 0.2) is 47.3 Å². The summed E-state index contributed by atoms with van der Waals surface area (Å²) >= 11 is 0. The Labute approximate surface area is 135 Å². The number of carbonyl (C=O) groups excluding carboxylic acids is 1. The Kier molecular flexibility index (Phi) is 4.88. The summed E-state index contributed by atoms with van der Waals surface area (Å²) in [5.41, 5.74) is 1.44. The van der Waals surface area contributed by atoms with Crippen molar-refractivity contribution in [3.8, 4) is 11.3 Å². The second-order valence-corrected chi connectivity index (χ2v) is 5.88. The van der Waals surface area contributed by atoms with Gasteiger partial charge in [-0.05, 0) is 49.5 Å². The van der Waals surface area contributed by atoms with E-state index in [-0.39, 0.29) is 17.0 Å². The van der Waals surface area contributed by atoms with Crippen molar-refractivity contribution in [2.75, 3.05) is 19.6 Å². The van der Waals surface area contributed by atoms with Crippen LogP contribution in [0.4, 0.5) is 0 Å². The smallest absolute Gasteiger partial charge is 0.261 e. The number of hydrogen-bond acceptors (Lipinski definition) is 3. The molecule has 2 aromatic rings. The molecule has 120 valence electrons. The molecule has 0 aliphatic carbocycles. The van der Waals surface area contributed by atoms with E-state index in [0.29, 0.717) is 18.2 Å². The van der Waals surface area contributed by atoms with Crippen molar-refractivity contribution in [2.45, 2.75) is 12.8 Å². The quantitative estimate of drug-likeness (QED) is 0.788. The minimum absolute atomic E-state index is 0.161. The van der Waals surface area contributed by atoms with E-state index in [4.69, 9.17) is 0 Å². The van der Waals surface area contributed by atoms with Gasteiger partial charge in [0.15, 0.2) is 0 Å². The van der Waals surface area contributed by atoms with E-state index in [1.54, 1.807) is 12.1 Å². The molecule has 1 atom stereocenters. The van der Waals surface area contributed by atoms with Gasteiger partial charge in [0, 0.05) is 12.2 Å². The second kappa shape index (κ2) is 7.24. The number of aromatic nitrogens is 1. The molecule has 1 aliphatic heterocycles. The highest BCUT2D eigenvalue weighted by atomic mass is 16.2. The van der Waals surface area contributed by atoms with E-state index in [1.807, 2.05) is 30.3 Å². The van der Waals surface area contributed by atoms with Crippen molar-refractivity contribution < 1.29 is 4.79 Å². The fraction of sp³-hybridized carbons (Fsp3) is 0.333. The minimum Gasteiger partial charge on any atom is -0.352 e. The van der Waals surface area contributed by atoms with Gasteiger partial charge < -0.3 is 15.6 Å². The molecule has 0 radical (unpaired) electrons. The van der Waals surface area contributed by atoms with Gasteiger partial charge in [0.1, 0.15) is 5.56 Å². The van der Waals surface area contributed by atoms with Gasteiger partial charge in [-0.2, -0.15) is 0 Å². The van der Waals surface area contributed by atoms with Gasteiger partial charge in [0.25, 0.3) is 11.5 Å². The van der Waals surface area contributed by atoms with Crippen molar-refractivity contribution in [1.82, 2.24) is 15.6 Å². The summed E-state index contributed by atoms with van der Waals surface area (Å²) in [6, 6.07) is 12.9. The normalized spacial score (nSPS) is 17.1. The second-order valence-electron chi connectivity index (χ2n) is 5.88. The Morgan fingerprint density at radius 2 is 2.00 bits per heavy atom. The average molecular weight is 311 g/mol. The summed E-state index contributed by atoms with van der Waals surface area (Å²) in [6.45, 7) is 2.67. The molecule has 1 aliphatic rings. The third-order valence-corrected chi connectivity index (χ3v) is 4.24. The first kappa shape index (κ1) is 15.5. The lowest BCUT2D eigenvalue weighted by molar-refractivity contribution is 0.0950. The molecule has 0 saturated carbocycles. The summed E-state index contributed by atoms with van der Waals surface area (Å²) in [5.74, 6) is 0.311. The van der Waals surface area contributed by atoms with Gasteiger partial charge >= 0.3 is 0 Å². The fourth-order valence-corrected chi connectivity index (χ4v) is 2.88. The van der Waals surface area contributed by atoms with Crippen molar-refractivity contribution in [3.05, 3.63) is 58.4 Å². The van der Waals surface area contributed by atoms with Crippen LogP contribution in [0.1, 0.15) is 23.2 Å². The average Bonchev–Trinajstić information content (AvgIpc) is 3.09. The lowest BCUT2D eigenvalue weighted by atomic mass is 10.1. The molecule has 1 amide bonds. The van der Waals surface area contributed by atoms with Crippen LogP contribution in [0.25, 0.3) is 11.3 Å². The number of amides is 1. The standard InChI is InChI=1S/C18H21N3O2/c22-17(20-11-9-13-8-10-19-12-13)15-6-7-16(21-18(15)23)14-4-2-1-3-5-14/h1-7,13,19H,8-12H2,(H,20,22)(H,21,23). The number of hydrogen-bond donors (Lipinski definition) is 3. The number of nitrogens with one attached hydrogen (secondary N) is 3. The van der Waals surface area contributed by atoms with E-state index in [2.05, 4.69) is 15.6 Å². The monoisotopic (exact) mass is 311 g/mol. The van der Waals surface area contributed by atoms with Gasteiger partial charge in [0.2, 0.25) is 0 Å². The number of pyridine rings is 1. The summed E-state index contributed by atoms with van der Waals surface area (Å²) in [4.78, 5) is 27.1. The van der Waals surface area contributed by atoms with Gasteiger partial charge in [-0.25, -0.2) is 0 Å². The zero-order chi connectivity index (χ0) is 16.1. The third kappa shape index (κ3) is 3.87. The van der Waals surface area contributed by atoms with Crippen LogP contribution in [0.2, 0.25) is 0 Å². The molecule has 1 aromatic carbocycles. The van der Waals surface area contributed by atoms with E-state index < -0.39 is 0 Å². The third-order valence-electron chi connectivity index (χ3n) is 4.24. The molecule has 1 aromatic heterocycles. The predicted molar refractivity (Wildman–Crippen MR) is 90.4 cm³/mol. The maximum Gasteiger partial charge on any atom is 0.261 e. The first-order chi connectivity index (χ1) is 11.2. The molecule has 5 nitrogen and oxygen atoms in total. The van der Waals surface area contributed by atoms with Crippen LogP contribution in [0.3, 0.4) is 0 Å². The Morgan fingerprint density at radius 3 is 2.70 bits per heavy atom. The predicted octanol–water partition coefficient (Wildman–Crippen LogP) is 1.77. The van der Waals surface area contributed by atoms with Gasteiger partial charge in [0.05, 0.1) is 0 Å². The Balaban J connectivity index is 1.63. The minimum atomic E-state index is -0.355. The fourth-order valence-electron chi connectivity index (χ4n) is 2.88. The molecule has 0 bridgehead atoms. The molecule has 0 spiro atoms. The van der Waals surface area contributed by atoms with Crippen LogP contribution in [0, 0.1) is 5.92 Å². The van der Waals surface area contributed by atoms with E-state index in [1.165, 1.54) is 0 Å². The summed E-state index contributed by atoms with van der Waals surface area (Å²) in [6.07, 6.45) is 2.10. The van der Waals surface area contributed by atoms with E-state index >= 15 is 0 Å². The molecule has 2 heterocycles. The summed E-state index contributed by atoms with van der Waals surface area (Å²) in [5, 5.41) is 6.14. The molecular weight excluding hydrogens is 290 g/mol. The highest BCUT2D eigenvalue weighted by Gasteiger charge is 2.15. The first-order valence-electron chi connectivity index (χ1n) is 8.02. The highest BCUT2D eigenvalue weighted by Crippen LogP contribution is 2.14. The van der Waals surface area contributed by atoms with Crippen LogP contribution >= 0.6 is 0 Å². The molecule has 5 heteroatoms. The number of aromatic amines is 1. The van der Waals surface area contributed by atoms with Crippen molar-refractivity contribution >= 4 is 5.91 Å². The molecule has 1 unspecified atom stereocenters. The Hall–Kier alpha value is -2.40. The molecule has 1 saturated heterocycles. The van der Waals surface area contributed by atoms with Crippen LogP contribution in [-0.2, 0) is 0 Å². The number of rotatable bonds is 5. The zero-order valence-electron chi connectivity index (χ0n) is 13.0. The van der Waals surface area contributed by atoms with Crippen molar-refractivity contribution in [2.24, 2.45) is 5.92 Å². The molecule has 1 fully saturated rings. The zero-order valence-corrected chi connectivity index (χ0v) is 13.0. The van der Waals surface area contributed by atoms with Crippen molar-refractivity contribution in [1.29, 1.82) is 0 Å². The SMILES string of the molecule is O=C(NCCC1CCNC1)c1ccc(-c2ccccc2)[nH]c1=O. The maximum absolute atomic E-state index is 12.1. The number of carbonyl (C=O) groups is 1. The lowest BCUT2D eigenvalue weighted by Gasteiger charge is -2.09. The van der Waals surface area contributed by atoms with Crippen LogP contribution in [-0.4, -0.2) is 30.5 Å². The molecular formula is C18H21N3O2. The van der Waals surface area contributed by atoms with Crippen LogP contribution < -0.4 is 16.2 Å². The highest BCUT2D eigenvalue weighted by molar-refractivity contribution is 5.94. The summed E-state index contributed by atoms with van der Waals surface area (Å²) in [7, 11) is 0. The lowest BCUT2D eigenvalue weighted by Crippen LogP contribution is -2.31. The Bertz CT molecular complexity index is 719. The van der Waals surface area contributed by atoms with Gasteiger partial charge in [-0.3, -0.25) is 9.59 Å². The van der Waals surface area contributed by atoms with Crippen molar-refractivity contribution in [3.63, 3.8) is 0 Å². The molecule has 3 rings (SSSR count). The first-order valence-corrected chi connectivity index (χ1v) is 8.02. The van der Waals surface area contributed by atoms with E-state index in [9.17, 15) is 9.59 Å². The Morgan fingerprint density at radius 1 is 1.17 bits per heavy atom. The maximum atomic E-state index is 12.1. The summed E-state index contributed by atoms with van der Waals surface area (Å²) < 4.78 is 0. The molecule has 3 N–H and O–H groups in total. The van der Waals surface area contributed by atoms with Crippen LogP contribution in [0.5, 0.6) is 0 Å².